The summed E-state index contributed by atoms with van der Waals surface area (Å²) in [6, 6.07) is 0. The van der Waals surface area contributed by atoms with Gasteiger partial charge in [0.2, 0.25) is 5.06 Å². The summed E-state index contributed by atoms with van der Waals surface area (Å²) in [7, 11) is 0. The monoisotopic (exact) mass is 228 g/mol. The van der Waals surface area contributed by atoms with Crippen molar-refractivity contribution in [2.24, 2.45) is 0 Å². The van der Waals surface area contributed by atoms with Crippen molar-refractivity contribution in [3.8, 4) is 5.06 Å². The molecule has 3 N–H and O–H groups in total. The zero-order chi connectivity index (χ0) is 10.7. The lowest BCUT2D eigenvalue weighted by Gasteiger charge is -2.25. The first-order valence-electron chi connectivity index (χ1n) is 4.64. The molecule has 1 saturated heterocycles. The second-order valence-corrected chi connectivity index (χ2v) is 4.15. The molecule has 1 aromatic rings. The number of carbonyl (C=O) groups excluding carboxylic acids is 1. The first kappa shape index (κ1) is 10.2. The number of nitrogens with zero attached hydrogens (tertiary/aromatic N) is 2. The van der Waals surface area contributed by atoms with Crippen molar-refractivity contribution < 1.29 is 9.53 Å². The largest absolute Gasteiger partial charge is 0.416 e. The molecule has 6 nitrogen and oxygen atoms in total. The molecule has 1 amide bonds. The van der Waals surface area contributed by atoms with Crippen LogP contribution in [-0.4, -0.2) is 42.2 Å². The Labute approximate surface area is 91.0 Å². The topological polar surface area (TPSA) is 80.5 Å². The predicted molar refractivity (Wildman–Crippen MR) is 57.0 cm³/mol. The first-order valence-corrected chi connectivity index (χ1v) is 5.46. The third-order valence-electron chi connectivity index (χ3n) is 2.07. The highest BCUT2D eigenvalue weighted by molar-refractivity contribution is 7.17. The summed E-state index contributed by atoms with van der Waals surface area (Å²) in [4.78, 5) is 17.1. The van der Waals surface area contributed by atoms with Gasteiger partial charge in [-0.15, -0.1) is 0 Å². The standard InChI is InChI=1S/C8H12N4O2S/c9-7-11-5-6(15-7)14-8(13)12-3-1-10-2-4-12/h5,10H,1-4H2,(H2,9,11). The maximum atomic E-state index is 11.6. The van der Waals surface area contributed by atoms with E-state index in [1.807, 2.05) is 0 Å². The van der Waals surface area contributed by atoms with Crippen molar-refractivity contribution in [2.75, 3.05) is 31.9 Å². The average Bonchev–Trinajstić information content (AvgIpc) is 2.65. The fourth-order valence-electron chi connectivity index (χ4n) is 1.32. The van der Waals surface area contributed by atoms with Crippen molar-refractivity contribution in [3.63, 3.8) is 0 Å². The van der Waals surface area contributed by atoms with E-state index >= 15 is 0 Å². The van der Waals surface area contributed by atoms with Crippen LogP contribution in [0.1, 0.15) is 0 Å². The summed E-state index contributed by atoms with van der Waals surface area (Å²) in [6.45, 7) is 2.96. The molecular formula is C8H12N4O2S. The van der Waals surface area contributed by atoms with Crippen molar-refractivity contribution in [3.05, 3.63) is 6.20 Å². The van der Waals surface area contributed by atoms with E-state index in [1.54, 1.807) is 4.90 Å². The van der Waals surface area contributed by atoms with Crippen LogP contribution in [0.5, 0.6) is 5.06 Å². The quantitative estimate of drug-likeness (QED) is 0.714. The fourth-order valence-corrected chi connectivity index (χ4v) is 1.85. The van der Waals surface area contributed by atoms with Crippen LogP contribution in [0.15, 0.2) is 6.20 Å². The number of amides is 1. The highest BCUT2D eigenvalue weighted by atomic mass is 32.1. The molecule has 7 heteroatoms. The molecule has 1 fully saturated rings. The number of piperazine rings is 1. The average molecular weight is 228 g/mol. The predicted octanol–water partition coefficient (Wildman–Crippen LogP) is 0.129. The van der Waals surface area contributed by atoms with Crippen LogP contribution in [0.2, 0.25) is 0 Å². The summed E-state index contributed by atoms with van der Waals surface area (Å²) < 4.78 is 5.11. The number of carbonyl (C=O) groups is 1. The second-order valence-electron chi connectivity index (χ2n) is 3.12. The molecule has 15 heavy (non-hydrogen) atoms. The molecule has 2 heterocycles. The highest BCUT2D eigenvalue weighted by Crippen LogP contribution is 2.23. The van der Waals surface area contributed by atoms with Crippen LogP contribution in [0.4, 0.5) is 9.93 Å². The van der Waals surface area contributed by atoms with Crippen LogP contribution in [0.3, 0.4) is 0 Å². The zero-order valence-corrected chi connectivity index (χ0v) is 8.92. The van der Waals surface area contributed by atoms with Gasteiger partial charge in [0.1, 0.15) is 0 Å². The molecule has 1 aromatic heterocycles. The van der Waals surface area contributed by atoms with E-state index in [1.165, 1.54) is 6.20 Å². The Morgan fingerprint density at radius 1 is 1.60 bits per heavy atom. The van der Waals surface area contributed by atoms with Gasteiger partial charge in [0.05, 0.1) is 6.20 Å². The summed E-state index contributed by atoms with van der Waals surface area (Å²) >= 11 is 1.16. The Bertz CT molecular complexity index is 348. The summed E-state index contributed by atoms with van der Waals surface area (Å²) in [5.41, 5.74) is 5.43. The maximum absolute atomic E-state index is 11.6. The molecule has 0 spiro atoms. The summed E-state index contributed by atoms with van der Waals surface area (Å²) in [5.74, 6) is 0. The molecule has 0 bridgehead atoms. The van der Waals surface area contributed by atoms with Crippen molar-refractivity contribution >= 4 is 22.6 Å². The lowest BCUT2D eigenvalue weighted by atomic mass is 10.4. The molecule has 2 rings (SSSR count). The van der Waals surface area contributed by atoms with Crippen molar-refractivity contribution in [1.29, 1.82) is 0 Å². The number of nitrogen functional groups attached to an aromatic ring is 1. The Hall–Kier alpha value is -1.34. The molecular weight excluding hydrogens is 216 g/mol. The number of rotatable bonds is 1. The Kier molecular flexibility index (Phi) is 3.02. The van der Waals surface area contributed by atoms with Crippen LogP contribution in [0, 0.1) is 0 Å². The number of aromatic nitrogens is 1. The maximum Gasteiger partial charge on any atom is 0.416 e. The Morgan fingerprint density at radius 2 is 2.33 bits per heavy atom. The number of ether oxygens (including phenoxy) is 1. The van der Waals surface area contributed by atoms with E-state index in [4.69, 9.17) is 10.5 Å². The number of hydrogen-bond donors (Lipinski definition) is 2. The molecule has 82 valence electrons. The molecule has 1 aliphatic heterocycles. The minimum Gasteiger partial charge on any atom is -0.397 e. The van der Waals surface area contributed by atoms with Crippen LogP contribution < -0.4 is 15.8 Å². The van der Waals surface area contributed by atoms with Gasteiger partial charge in [0.25, 0.3) is 0 Å². The van der Waals surface area contributed by atoms with Crippen LogP contribution >= 0.6 is 11.3 Å². The van der Waals surface area contributed by atoms with Gasteiger partial charge in [-0.1, -0.05) is 11.3 Å². The van der Waals surface area contributed by atoms with E-state index in [0.29, 0.717) is 23.3 Å². The number of nitrogens with one attached hydrogen (secondary N) is 1. The third-order valence-corrected chi connectivity index (χ3v) is 2.77. The lowest BCUT2D eigenvalue weighted by molar-refractivity contribution is 0.147. The van der Waals surface area contributed by atoms with E-state index < -0.39 is 0 Å². The molecule has 0 aliphatic carbocycles. The van der Waals surface area contributed by atoms with Gasteiger partial charge in [-0.05, 0) is 0 Å². The van der Waals surface area contributed by atoms with Gasteiger partial charge in [0.15, 0.2) is 5.13 Å². The smallest absolute Gasteiger partial charge is 0.397 e. The van der Waals surface area contributed by atoms with Gasteiger partial charge in [-0.2, -0.15) is 0 Å². The van der Waals surface area contributed by atoms with Gasteiger partial charge in [-0.25, -0.2) is 9.78 Å². The number of hydrogen-bond acceptors (Lipinski definition) is 6. The van der Waals surface area contributed by atoms with Crippen molar-refractivity contribution in [2.45, 2.75) is 0 Å². The number of thiazole rings is 1. The van der Waals surface area contributed by atoms with Gasteiger partial charge in [-0.3, -0.25) is 0 Å². The Morgan fingerprint density at radius 3 is 2.93 bits per heavy atom. The van der Waals surface area contributed by atoms with Gasteiger partial charge in [0, 0.05) is 26.2 Å². The number of nitrogens with two attached hydrogens (primary N) is 1. The van der Waals surface area contributed by atoms with Gasteiger partial charge < -0.3 is 20.7 Å². The van der Waals surface area contributed by atoms with E-state index in [9.17, 15) is 4.79 Å². The van der Waals surface area contributed by atoms with E-state index in [2.05, 4.69) is 10.3 Å². The number of anilines is 1. The van der Waals surface area contributed by atoms with Crippen LogP contribution in [0.25, 0.3) is 0 Å². The highest BCUT2D eigenvalue weighted by Gasteiger charge is 2.18. The third kappa shape index (κ3) is 2.57. The van der Waals surface area contributed by atoms with Crippen molar-refractivity contribution in [1.82, 2.24) is 15.2 Å². The molecule has 0 atom stereocenters. The lowest BCUT2D eigenvalue weighted by Crippen LogP contribution is -2.47. The normalized spacial score (nSPS) is 16.4. The fraction of sp³-hybridized carbons (Fsp3) is 0.500. The minimum absolute atomic E-state index is 0.333. The zero-order valence-electron chi connectivity index (χ0n) is 8.10. The minimum atomic E-state index is -0.333. The Balaban J connectivity index is 1.91. The molecule has 0 aromatic carbocycles. The van der Waals surface area contributed by atoms with Crippen LogP contribution in [-0.2, 0) is 0 Å². The van der Waals surface area contributed by atoms with Gasteiger partial charge >= 0.3 is 6.09 Å². The molecule has 1 aliphatic rings. The molecule has 0 radical (unpaired) electrons. The van der Waals surface area contributed by atoms with E-state index in [-0.39, 0.29) is 6.09 Å². The first-order chi connectivity index (χ1) is 7.25. The summed E-state index contributed by atoms with van der Waals surface area (Å²) in [5, 5.41) is 4.00. The summed E-state index contributed by atoms with van der Waals surface area (Å²) in [6.07, 6.45) is 1.13. The second kappa shape index (κ2) is 4.45. The molecule has 0 saturated carbocycles. The molecule has 0 unspecified atom stereocenters. The van der Waals surface area contributed by atoms with E-state index in [0.717, 1.165) is 24.4 Å². The SMILES string of the molecule is Nc1ncc(OC(=O)N2CCNCC2)s1.